The minimum atomic E-state index is -4.71. The van der Waals surface area contributed by atoms with Gasteiger partial charge in [-0.3, -0.25) is 9.35 Å². The summed E-state index contributed by atoms with van der Waals surface area (Å²) >= 11 is 9.43. The smallest absolute Gasteiger partial charge is 0.307 e. The van der Waals surface area contributed by atoms with Crippen LogP contribution in [-0.2, 0) is 14.7 Å². The molecule has 2 aromatic rings. The van der Waals surface area contributed by atoms with Crippen LogP contribution in [0.25, 0.3) is 0 Å². The molecule has 0 aliphatic carbocycles. The number of amides is 1. The minimum Gasteiger partial charge on any atom is -0.307 e. The number of carbonyl (C=O) groups is 1. The summed E-state index contributed by atoms with van der Waals surface area (Å²) in [5.41, 5.74) is 1.73. The van der Waals surface area contributed by atoms with Crippen molar-refractivity contribution in [3.8, 4) is 0 Å². The normalized spacial score (nSPS) is 15.7. The van der Waals surface area contributed by atoms with Gasteiger partial charge < -0.3 is 4.90 Å². The van der Waals surface area contributed by atoms with Gasteiger partial charge in [-0.2, -0.15) is 8.42 Å². The summed E-state index contributed by atoms with van der Waals surface area (Å²) in [6, 6.07) is 11.8. The molecule has 0 spiro atoms. The summed E-state index contributed by atoms with van der Waals surface area (Å²) in [6.07, 6.45) is 0.236. The van der Waals surface area contributed by atoms with Crippen LogP contribution in [0.4, 0.5) is 5.69 Å². The Hall–Kier alpha value is -1.94. The summed E-state index contributed by atoms with van der Waals surface area (Å²) in [6.45, 7) is 0.237. The van der Waals surface area contributed by atoms with Crippen molar-refractivity contribution in [3.05, 3.63) is 63.1 Å². The molecular weight excluding hydrogens is 448 g/mol. The average molecular weight is 460 g/mol. The Morgan fingerprint density at radius 3 is 2.69 bits per heavy atom. The molecule has 1 amide bonds. The van der Waals surface area contributed by atoms with E-state index in [2.05, 4.69) is 25.4 Å². The zero-order valence-corrected chi connectivity index (χ0v) is 16.3. The number of carbonyl (C=O) groups excluding carboxylic acids is 1. The SMILES string of the molecule is O=C(c1ccccc1Br)N1CC/C(=N\OS(=O)(=O)O)c2ccc(Cl)cc21. The van der Waals surface area contributed by atoms with Gasteiger partial charge in [0.1, 0.15) is 0 Å². The van der Waals surface area contributed by atoms with Gasteiger partial charge in [0.05, 0.1) is 17.0 Å². The van der Waals surface area contributed by atoms with E-state index in [9.17, 15) is 13.2 Å². The Labute approximate surface area is 163 Å². The second-order valence-electron chi connectivity index (χ2n) is 5.39. The third-order valence-corrected chi connectivity index (χ3v) is 4.91. The van der Waals surface area contributed by atoms with Crippen molar-refractivity contribution < 1.29 is 22.0 Å². The van der Waals surface area contributed by atoms with Gasteiger partial charge in [-0.25, -0.2) is 4.28 Å². The van der Waals surface area contributed by atoms with Crippen LogP contribution in [0.15, 0.2) is 52.1 Å². The first-order valence-electron chi connectivity index (χ1n) is 7.35. The first-order valence-corrected chi connectivity index (χ1v) is 9.89. The molecule has 0 aromatic heterocycles. The van der Waals surface area contributed by atoms with Crippen LogP contribution in [0, 0.1) is 0 Å². The molecule has 0 bridgehead atoms. The Kier molecular flexibility index (Phi) is 5.33. The Morgan fingerprint density at radius 2 is 2.00 bits per heavy atom. The van der Waals surface area contributed by atoms with E-state index in [0.717, 1.165) is 0 Å². The van der Waals surface area contributed by atoms with E-state index < -0.39 is 10.4 Å². The van der Waals surface area contributed by atoms with Crippen LogP contribution in [0.1, 0.15) is 22.3 Å². The van der Waals surface area contributed by atoms with Crippen molar-refractivity contribution in [3.63, 3.8) is 0 Å². The van der Waals surface area contributed by atoms with Gasteiger partial charge >= 0.3 is 10.4 Å². The van der Waals surface area contributed by atoms with Crippen molar-refractivity contribution in [2.45, 2.75) is 6.42 Å². The fraction of sp³-hybridized carbons (Fsp3) is 0.125. The minimum absolute atomic E-state index is 0.236. The summed E-state index contributed by atoms with van der Waals surface area (Å²) in [5, 5.41) is 3.91. The molecule has 0 unspecified atom stereocenters. The first-order chi connectivity index (χ1) is 12.3. The standard InChI is InChI=1S/C16H12BrClN2O5S/c17-13-4-2-1-3-11(13)16(21)20-8-7-14(19-25-26(22,23)24)12-6-5-10(18)9-15(12)20/h1-6,9H,7-8H2,(H,22,23,24)/b19-14+. The van der Waals surface area contributed by atoms with Gasteiger partial charge in [0, 0.05) is 28.0 Å². The molecule has 1 heterocycles. The van der Waals surface area contributed by atoms with Gasteiger partial charge in [0.15, 0.2) is 0 Å². The first kappa shape index (κ1) is 18.8. The number of rotatable bonds is 3. The maximum atomic E-state index is 13.0. The molecular formula is C16H12BrClN2O5S. The predicted octanol–water partition coefficient (Wildman–Crippen LogP) is 3.68. The summed E-state index contributed by atoms with van der Waals surface area (Å²) < 4.78 is 35.0. The molecule has 7 nitrogen and oxygen atoms in total. The molecule has 3 rings (SSSR count). The van der Waals surface area contributed by atoms with Crippen molar-refractivity contribution in [2.75, 3.05) is 11.4 Å². The van der Waals surface area contributed by atoms with Crippen LogP contribution in [0.2, 0.25) is 5.02 Å². The number of hydrogen-bond donors (Lipinski definition) is 1. The fourth-order valence-electron chi connectivity index (χ4n) is 2.62. The van der Waals surface area contributed by atoms with Gasteiger partial charge in [0.25, 0.3) is 5.91 Å². The molecule has 0 saturated carbocycles. The molecule has 0 saturated heterocycles. The lowest BCUT2D eigenvalue weighted by molar-refractivity contribution is 0.0986. The number of halogens is 2. The van der Waals surface area contributed by atoms with Crippen molar-refractivity contribution in [1.82, 2.24) is 0 Å². The zero-order chi connectivity index (χ0) is 18.9. The highest BCUT2D eigenvalue weighted by atomic mass is 79.9. The topological polar surface area (TPSA) is 96.3 Å². The number of hydrogen-bond acceptors (Lipinski definition) is 5. The zero-order valence-electron chi connectivity index (χ0n) is 13.1. The van der Waals surface area contributed by atoms with E-state index in [1.54, 1.807) is 42.5 Å². The molecule has 0 fully saturated rings. The second-order valence-corrected chi connectivity index (χ2v) is 7.68. The van der Waals surface area contributed by atoms with Crippen LogP contribution in [0.5, 0.6) is 0 Å². The third kappa shape index (κ3) is 4.07. The molecule has 26 heavy (non-hydrogen) atoms. The summed E-state index contributed by atoms with van der Waals surface area (Å²) in [7, 11) is -4.71. The van der Waals surface area contributed by atoms with Crippen LogP contribution in [-0.4, -0.2) is 31.1 Å². The molecule has 0 radical (unpaired) electrons. The number of fused-ring (bicyclic) bond motifs is 1. The van der Waals surface area contributed by atoms with E-state index in [4.69, 9.17) is 16.2 Å². The molecule has 1 aliphatic heterocycles. The van der Waals surface area contributed by atoms with Crippen LogP contribution in [0.3, 0.4) is 0 Å². The molecule has 0 atom stereocenters. The van der Waals surface area contributed by atoms with Gasteiger partial charge in [-0.15, -0.1) is 0 Å². The predicted molar refractivity (Wildman–Crippen MR) is 101 cm³/mol. The summed E-state index contributed by atoms with van der Waals surface area (Å²) in [4.78, 5) is 14.5. The Morgan fingerprint density at radius 1 is 1.27 bits per heavy atom. The third-order valence-electron chi connectivity index (χ3n) is 3.72. The molecule has 10 heteroatoms. The molecule has 136 valence electrons. The number of nitrogens with zero attached hydrogens (tertiary/aromatic N) is 2. The number of benzene rings is 2. The second kappa shape index (κ2) is 7.36. The number of anilines is 1. The van der Waals surface area contributed by atoms with Gasteiger partial charge in [-0.05, 0) is 46.3 Å². The van der Waals surface area contributed by atoms with Crippen LogP contribution < -0.4 is 4.90 Å². The van der Waals surface area contributed by atoms with E-state index >= 15 is 0 Å². The van der Waals surface area contributed by atoms with E-state index in [1.165, 1.54) is 4.90 Å². The van der Waals surface area contributed by atoms with Crippen LogP contribution >= 0.6 is 27.5 Å². The summed E-state index contributed by atoms with van der Waals surface area (Å²) in [5.74, 6) is -0.240. The molecule has 1 N–H and O–H groups in total. The highest BCUT2D eigenvalue weighted by Gasteiger charge is 2.29. The molecule has 2 aromatic carbocycles. The van der Waals surface area contributed by atoms with E-state index in [0.29, 0.717) is 26.3 Å². The average Bonchev–Trinajstić information content (AvgIpc) is 2.58. The highest BCUT2D eigenvalue weighted by Crippen LogP contribution is 2.32. The van der Waals surface area contributed by atoms with E-state index in [1.807, 2.05) is 0 Å². The molecule has 1 aliphatic rings. The van der Waals surface area contributed by atoms with Crippen molar-refractivity contribution in [1.29, 1.82) is 0 Å². The highest BCUT2D eigenvalue weighted by molar-refractivity contribution is 9.10. The Balaban J connectivity index is 2.03. The quantitative estimate of drug-likeness (QED) is 0.558. The van der Waals surface area contributed by atoms with Crippen molar-refractivity contribution >= 4 is 55.2 Å². The lowest BCUT2D eigenvalue weighted by atomic mass is 9.98. The van der Waals surface area contributed by atoms with Crippen molar-refractivity contribution in [2.24, 2.45) is 5.16 Å². The lowest BCUT2D eigenvalue weighted by Gasteiger charge is -2.30. The Bertz CT molecular complexity index is 1010. The maximum absolute atomic E-state index is 13.0. The van der Waals surface area contributed by atoms with Gasteiger partial charge in [0.2, 0.25) is 0 Å². The van der Waals surface area contributed by atoms with Gasteiger partial charge in [-0.1, -0.05) is 28.9 Å². The lowest BCUT2D eigenvalue weighted by Crippen LogP contribution is -2.38. The number of oxime groups is 1. The fourth-order valence-corrected chi connectivity index (χ4v) is 3.43. The van der Waals surface area contributed by atoms with E-state index in [-0.39, 0.29) is 24.6 Å². The maximum Gasteiger partial charge on any atom is 0.466 e. The largest absolute Gasteiger partial charge is 0.466 e. The monoisotopic (exact) mass is 458 g/mol.